The van der Waals surface area contributed by atoms with Crippen LogP contribution in [0.1, 0.15) is 40.5 Å². The van der Waals surface area contributed by atoms with Gasteiger partial charge < -0.3 is 0 Å². The summed E-state index contributed by atoms with van der Waals surface area (Å²) in [5.74, 6) is -5.02. The molecule has 0 unspecified atom stereocenters. The van der Waals surface area contributed by atoms with Crippen LogP contribution in [-0.2, 0) is 9.59 Å². The molecule has 0 saturated heterocycles. The zero-order chi connectivity index (χ0) is 12.2. The van der Waals surface area contributed by atoms with E-state index in [4.69, 9.17) is 0 Å². The van der Waals surface area contributed by atoms with Crippen LogP contribution in [0.25, 0.3) is 0 Å². The largest absolute Gasteiger partial charge is 0.299 e. The third kappa shape index (κ3) is 5.60. The van der Waals surface area contributed by atoms with Gasteiger partial charge in [-0.3, -0.25) is 9.59 Å². The maximum atomic E-state index is 13.2. The summed E-state index contributed by atoms with van der Waals surface area (Å²) in [5.41, 5.74) is 0. The smallest absolute Gasteiger partial charge is 0.261 e. The molecule has 0 heterocycles. The summed E-state index contributed by atoms with van der Waals surface area (Å²) >= 11 is 0. The second-order valence-electron chi connectivity index (χ2n) is 4.45. The van der Waals surface area contributed by atoms with E-state index in [-0.39, 0.29) is 0 Å². The molecule has 0 N–H and O–H groups in total. The molecule has 4 heteroatoms. The van der Waals surface area contributed by atoms with Crippen molar-refractivity contribution in [1.29, 1.82) is 0 Å². The highest BCUT2D eigenvalue weighted by Crippen LogP contribution is 2.26. The van der Waals surface area contributed by atoms with Crippen LogP contribution in [0.4, 0.5) is 8.78 Å². The molecule has 0 spiro atoms. The molecular formula is C11H18F2O2. The SMILES string of the molecule is CC(C)C(=O)CC(F)(F)CC(=O)C(C)C. The second kappa shape index (κ2) is 5.33. The van der Waals surface area contributed by atoms with Crippen LogP contribution in [0.2, 0.25) is 0 Å². The van der Waals surface area contributed by atoms with Crippen molar-refractivity contribution in [2.24, 2.45) is 11.8 Å². The molecule has 0 bridgehead atoms. The Morgan fingerprint density at radius 3 is 1.40 bits per heavy atom. The predicted molar refractivity (Wildman–Crippen MR) is 53.9 cm³/mol. The van der Waals surface area contributed by atoms with Crippen molar-refractivity contribution >= 4 is 11.6 Å². The van der Waals surface area contributed by atoms with Gasteiger partial charge >= 0.3 is 0 Å². The van der Waals surface area contributed by atoms with Crippen LogP contribution < -0.4 is 0 Å². The maximum Gasteiger partial charge on any atom is 0.261 e. The third-order valence-electron chi connectivity index (χ3n) is 2.15. The first-order chi connectivity index (χ1) is 6.65. The standard InChI is InChI=1S/C11H18F2O2/c1-7(2)9(14)5-11(12,13)6-10(15)8(3)4/h7-8H,5-6H2,1-4H3. The van der Waals surface area contributed by atoms with Gasteiger partial charge in [-0.2, -0.15) is 0 Å². The lowest BCUT2D eigenvalue weighted by Gasteiger charge is -2.16. The number of ketones is 2. The Labute approximate surface area is 89.0 Å². The molecule has 0 saturated carbocycles. The number of Topliss-reactive ketones (excluding diaryl/α,β-unsaturated/α-hetero) is 2. The lowest BCUT2D eigenvalue weighted by molar-refractivity contribution is -0.135. The van der Waals surface area contributed by atoms with E-state index in [1.807, 2.05) is 0 Å². The number of halogens is 2. The van der Waals surface area contributed by atoms with Crippen LogP contribution in [0.3, 0.4) is 0 Å². The summed E-state index contributed by atoms with van der Waals surface area (Å²) in [4.78, 5) is 22.2. The Hall–Kier alpha value is -0.800. The Morgan fingerprint density at radius 1 is 0.933 bits per heavy atom. The summed E-state index contributed by atoms with van der Waals surface area (Å²) in [6.45, 7) is 6.29. The van der Waals surface area contributed by atoms with Crippen molar-refractivity contribution in [3.63, 3.8) is 0 Å². The minimum Gasteiger partial charge on any atom is -0.299 e. The minimum atomic E-state index is -3.19. The first kappa shape index (κ1) is 14.2. The maximum absolute atomic E-state index is 13.2. The van der Waals surface area contributed by atoms with Gasteiger partial charge in [-0.1, -0.05) is 27.7 Å². The molecule has 15 heavy (non-hydrogen) atoms. The van der Waals surface area contributed by atoms with E-state index in [1.54, 1.807) is 27.7 Å². The summed E-state index contributed by atoms with van der Waals surface area (Å²) in [6.07, 6.45) is -1.66. The topological polar surface area (TPSA) is 34.1 Å². The lowest BCUT2D eigenvalue weighted by Crippen LogP contribution is -2.28. The van der Waals surface area contributed by atoms with Crippen molar-refractivity contribution < 1.29 is 18.4 Å². The fraction of sp³-hybridized carbons (Fsp3) is 0.818. The van der Waals surface area contributed by atoms with Gasteiger partial charge in [0.1, 0.15) is 11.6 Å². The zero-order valence-electron chi connectivity index (χ0n) is 9.64. The predicted octanol–water partition coefficient (Wildman–Crippen LogP) is 2.85. The third-order valence-corrected chi connectivity index (χ3v) is 2.15. The van der Waals surface area contributed by atoms with Crippen molar-refractivity contribution in [3.8, 4) is 0 Å². The van der Waals surface area contributed by atoms with Gasteiger partial charge in [0.15, 0.2) is 0 Å². The number of carbonyl (C=O) groups is 2. The average molecular weight is 220 g/mol. The fourth-order valence-electron chi connectivity index (χ4n) is 0.981. The summed E-state index contributed by atoms with van der Waals surface area (Å²) in [7, 11) is 0. The van der Waals surface area contributed by atoms with Gasteiger partial charge in [-0.15, -0.1) is 0 Å². The molecular weight excluding hydrogens is 202 g/mol. The van der Waals surface area contributed by atoms with Gasteiger partial charge in [0.25, 0.3) is 5.92 Å². The molecule has 0 aliphatic rings. The van der Waals surface area contributed by atoms with Crippen molar-refractivity contribution in [1.82, 2.24) is 0 Å². The Kier molecular flexibility index (Phi) is 5.05. The zero-order valence-corrected chi connectivity index (χ0v) is 9.64. The fourth-order valence-corrected chi connectivity index (χ4v) is 0.981. The summed E-state index contributed by atoms with van der Waals surface area (Å²) < 4.78 is 26.4. The molecule has 2 nitrogen and oxygen atoms in total. The summed E-state index contributed by atoms with van der Waals surface area (Å²) in [6, 6.07) is 0. The van der Waals surface area contributed by atoms with Crippen molar-refractivity contribution in [3.05, 3.63) is 0 Å². The van der Waals surface area contributed by atoms with Crippen LogP contribution >= 0.6 is 0 Å². The van der Waals surface area contributed by atoms with E-state index in [0.29, 0.717) is 0 Å². The van der Waals surface area contributed by atoms with Crippen molar-refractivity contribution in [2.75, 3.05) is 0 Å². The normalized spacial score (nSPS) is 12.3. The molecule has 88 valence electrons. The number of hydrogen-bond donors (Lipinski definition) is 0. The Bertz CT molecular complexity index is 221. The molecule has 0 aliphatic carbocycles. The van der Waals surface area contributed by atoms with E-state index in [0.717, 1.165) is 0 Å². The van der Waals surface area contributed by atoms with Gasteiger partial charge in [-0.25, -0.2) is 8.78 Å². The van der Waals surface area contributed by atoms with E-state index in [2.05, 4.69) is 0 Å². The highest BCUT2D eigenvalue weighted by Gasteiger charge is 2.35. The number of rotatable bonds is 6. The quantitative estimate of drug-likeness (QED) is 0.689. The van der Waals surface area contributed by atoms with Crippen LogP contribution in [0.5, 0.6) is 0 Å². The molecule has 0 radical (unpaired) electrons. The Balaban J connectivity index is 4.31. The molecule has 0 amide bonds. The molecule has 0 aromatic carbocycles. The first-order valence-electron chi connectivity index (χ1n) is 5.09. The minimum absolute atomic E-state index is 0.412. The van der Waals surface area contributed by atoms with Crippen molar-refractivity contribution in [2.45, 2.75) is 46.5 Å². The van der Waals surface area contributed by atoms with Crippen LogP contribution in [0, 0.1) is 11.8 Å². The van der Waals surface area contributed by atoms with E-state index >= 15 is 0 Å². The van der Waals surface area contributed by atoms with Gasteiger partial charge in [0.2, 0.25) is 0 Å². The van der Waals surface area contributed by atoms with Crippen LogP contribution in [-0.4, -0.2) is 17.5 Å². The van der Waals surface area contributed by atoms with E-state index in [9.17, 15) is 18.4 Å². The first-order valence-corrected chi connectivity index (χ1v) is 5.09. The molecule has 0 atom stereocenters. The highest BCUT2D eigenvalue weighted by atomic mass is 19.3. The monoisotopic (exact) mass is 220 g/mol. The average Bonchev–Trinajstić information content (AvgIpc) is 2.01. The highest BCUT2D eigenvalue weighted by molar-refractivity contribution is 5.84. The van der Waals surface area contributed by atoms with E-state index in [1.165, 1.54) is 0 Å². The molecule has 0 rings (SSSR count). The molecule has 0 aromatic rings. The number of alkyl halides is 2. The molecule has 0 fully saturated rings. The summed E-state index contributed by atoms with van der Waals surface area (Å²) in [5, 5.41) is 0. The Morgan fingerprint density at radius 2 is 1.20 bits per heavy atom. The van der Waals surface area contributed by atoms with Gasteiger partial charge in [0.05, 0.1) is 12.8 Å². The van der Waals surface area contributed by atoms with E-state index < -0.39 is 42.2 Å². The van der Waals surface area contributed by atoms with Gasteiger partial charge in [-0.05, 0) is 0 Å². The lowest BCUT2D eigenvalue weighted by atomic mass is 9.96. The second-order valence-corrected chi connectivity index (χ2v) is 4.45. The number of carbonyl (C=O) groups excluding carboxylic acids is 2. The molecule has 0 aromatic heterocycles. The molecule has 0 aliphatic heterocycles. The van der Waals surface area contributed by atoms with Crippen LogP contribution in [0.15, 0.2) is 0 Å². The van der Waals surface area contributed by atoms with Gasteiger partial charge in [0, 0.05) is 11.8 Å². The number of hydrogen-bond acceptors (Lipinski definition) is 2.